The fourth-order valence-corrected chi connectivity index (χ4v) is 1.02. The van der Waals surface area contributed by atoms with Crippen molar-refractivity contribution in [1.82, 2.24) is 0 Å². The van der Waals surface area contributed by atoms with Crippen molar-refractivity contribution in [3.8, 4) is 0 Å². The van der Waals surface area contributed by atoms with E-state index in [-0.39, 0.29) is 0 Å². The van der Waals surface area contributed by atoms with Gasteiger partial charge in [0.15, 0.2) is 9.52 Å². The van der Waals surface area contributed by atoms with E-state index in [1.54, 1.807) is 0 Å². The third-order valence-electron chi connectivity index (χ3n) is 0.923. The van der Waals surface area contributed by atoms with E-state index in [0.717, 1.165) is 5.20 Å². The van der Waals surface area contributed by atoms with Gasteiger partial charge in [-0.3, -0.25) is 4.79 Å². The zero-order chi connectivity index (χ0) is 6.57. The molecule has 0 amide bonds. The Labute approximate surface area is 51.0 Å². The topological polar surface area (TPSA) is 37.3 Å². The monoisotopic (exact) mass is 130 g/mol. The summed E-state index contributed by atoms with van der Waals surface area (Å²) in [6.45, 7) is 3.73. The molecule has 0 aliphatic carbocycles. The Hall–Kier alpha value is -0.573. The molecule has 46 valence electrons. The standard InChI is InChI=1S/C5H10O2Si/c1-3-4(2)8-5(6)7/h3H,8H2,1-2H3,(H,6,7). The molecule has 0 aliphatic heterocycles. The van der Waals surface area contributed by atoms with Crippen LogP contribution in [0.2, 0.25) is 0 Å². The summed E-state index contributed by atoms with van der Waals surface area (Å²) in [6.07, 6.45) is 1.86. The van der Waals surface area contributed by atoms with Crippen molar-refractivity contribution in [3.05, 3.63) is 11.3 Å². The minimum absolute atomic E-state index is 0.624. The van der Waals surface area contributed by atoms with E-state index in [0.29, 0.717) is 0 Å². The van der Waals surface area contributed by atoms with Crippen molar-refractivity contribution in [1.29, 1.82) is 0 Å². The first-order valence-electron chi connectivity index (χ1n) is 2.50. The van der Waals surface area contributed by atoms with Crippen molar-refractivity contribution in [3.63, 3.8) is 0 Å². The van der Waals surface area contributed by atoms with Gasteiger partial charge in [0.2, 0.25) is 0 Å². The van der Waals surface area contributed by atoms with Crippen molar-refractivity contribution < 1.29 is 9.90 Å². The molecule has 0 aromatic heterocycles. The number of hydrogen-bond donors (Lipinski definition) is 1. The average molecular weight is 130 g/mol. The van der Waals surface area contributed by atoms with E-state index >= 15 is 0 Å². The molecule has 0 aromatic rings. The molecule has 0 saturated heterocycles. The van der Waals surface area contributed by atoms with E-state index < -0.39 is 15.1 Å². The quantitative estimate of drug-likeness (QED) is 0.560. The fourth-order valence-electron chi connectivity index (χ4n) is 0.341. The highest BCUT2D eigenvalue weighted by Gasteiger charge is 1.96. The summed E-state index contributed by atoms with van der Waals surface area (Å²) >= 11 is 0. The summed E-state index contributed by atoms with van der Waals surface area (Å²) in [4.78, 5) is 9.99. The van der Waals surface area contributed by atoms with Gasteiger partial charge >= 0.3 is 0 Å². The lowest BCUT2D eigenvalue weighted by Crippen LogP contribution is -2.05. The number of rotatable bonds is 2. The van der Waals surface area contributed by atoms with E-state index in [2.05, 4.69) is 0 Å². The Balaban J connectivity index is 3.56. The second-order valence-electron chi connectivity index (χ2n) is 1.71. The SMILES string of the molecule is CC=C(C)[SiH2]C(=O)O. The van der Waals surface area contributed by atoms with Gasteiger partial charge < -0.3 is 5.11 Å². The zero-order valence-electron chi connectivity index (χ0n) is 5.14. The molecule has 1 N–H and O–H groups in total. The summed E-state index contributed by atoms with van der Waals surface area (Å²) in [6, 6.07) is 0. The first-order valence-corrected chi connectivity index (χ1v) is 3.92. The van der Waals surface area contributed by atoms with Gasteiger partial charge in [0.25, 0.3) is 5.59 Å². The first-order chi connectivity index (χ1) is 3.66. The molecule has 0 spiro atoms. The summed E-state index contributed by atoms with van der Waals surface area (Å²) in [7, 11) is -0.952. The maximum Gasteiger partial charge on any atom is 0.266 e. The van der Waals surface area contributed by atoms with Crippen LogP contribution in [-0.4, -0.2) is 20.2 Å². The van der Waals surface area contributed by atoms with Crippen LogP contribution in [0, 0.1) is 0 Å². The molecule has 0 bridgehead atoms. The van der Waals surface area contributed by atoms with Gasteiger partial charge in [0.05, 0.1) is 0 Å². The lowest BCUT2D eigenvalue weighted by Gasteiger charge is -1.88. The molecule has 0 rings (SSSR count). The Morgan fingerprint density at radius 1 is 1.75 bits per heavy atom. The van der Waals surface area contributed by atoms with Crippen LogP contribution in [-0.2, 0) is 0 Å². The van der Waals surface area contributed by atoms with Gasteiger partial charge in [-0.15, -0.1) is 0 Å². The Morgan fingerprint density at radius 3 is 2.38 bits per heavy atom. The van der Waals surface area contributed by atoms with E-state index in [4.69, 9.17) is 5.11 Å². The van der Waals surface area contributed by atoms with Crippen LogP contribution in [0.25, 0.3) is 0 Å². The molecule has 3 heteroatoms. The Bertz CT molecular complexity index is 118. The highest BCUT2D eigenvalue weighted by Crippen LogP contribution is 1.86. The van der Waals surface area contributed by atoms with Gasteiger partial charge in [-0.2, -0.15) is 0 Å². The summed E-state index contributed by atoms with van der Waals surface area (Å²) in [5.74, 6) is 0. The summed E-state index contributed by atoms with van der Waals surface area (Å²) < 4.78 is 0. The lowest BCUT2D eigenvalue weighted by molar-refractivity contribution is 0.220. The maximum atomic E-state index is 9.99. The molecule has 8 heavy (non-hydrogen) atoms. The van der Waals surface area contributed by atoms with Crippen LogP contribution >= 0.6 is 0 Å². The van der Waals surface area contributed by atoms with Crippen LogP contribution in [0.5, 0.6) is 0 Å². The minimum atomic E-state index is -0.952. The summed E-state index contributed by atoms with van der Waals surface area (Å²) in [5.41, 5.74) is -0.624. The number of allylic oxidation sites excluding steroid dienone is 2. The number of carbonyl (C=O) groups is 1. The van der Waals surface area contributed by atoms with Crippen LogP contribution < -0.4 is 0 Å². The van der Waals surface area contributed by atoms with Crippen LogP contribution in [0.1, 0.15) is 13.8 Å². The maximum absolute atomic E-state index is 9.99. The van der Waals surface area contributed by atoms with Gasteiger partial charge in [-0.1, -0.05) is 11.3 Å². The van der Waals surface area contributed by atoms with Gasteiger partial charge in [0.1, 0.15) is 0 Å². The molecule has 0 fully saturated rings. The fraction of sp³-hybridized carbons (Fsp3) is 0.400. The summed E-state index contributed by atoms with van der Waals surface area (Å²) in [5, 5.41) is 9.28. The lowest BCUT2D eigenvalue weighted by atomic mass is 10.6. The van der Waals surface area contributed by atoms with Crippen molar-refractivity contribution >= 4 is 15.1 Å². The van der Waals surface area contributed by atoms with Gasteiger partial charge in [0, 0.05) is 0 Å². The Morgan fingerprint density at radius 2 is 2.25 bits per heavy atom. The third-order valence-corrected chi connectivity index (χ3v) is 2.19. The van der Waals surface area contributed by atoms with Gasteiger partial charge in [-0.25, -0.2) is 0 Å². The largest absolute Gasteiger partial charge is 0.486 e. The van der Waals surface area contributed by atoms with Crippen molar-refractivity contribution in [2.24, 2.45) is 0 Å². The molecule has 0 atom stereocenters. The van der Waals surface area contributed by atoms with Crippen LogP contribution in [0.4, 0.5) is 4.79 Å². The molecule has 0 unspecified atom stereocenters. The molecule has 0 aromatic carbocycles. The van der Waals surface area contributed by atoms with Crippen molar-refractivity contribution in [2.75, 3.05) is 0 Å². The van der Waals surface area contributed by atoms with E-state index in [9.17, 15) is 4.79 Å². The molecule has 2 nitrogen and oxygen atoms in total. The molecular weight excluding hydrogens is 120 g/mol. The van der Waals surface area contributed by atoms with Crippen LogP contribution in [0.3, 0.4) is 0 Å². The zero-order valence-corrected chi connectivity index (χ0v) is 6.55. The van der Waals surface area contributed by atoms with Crippen LogP contribution in [0.15, 0.2) is 11.3 Å². The number of carboxylic acid groups (broad SMARTS) is 1. The Kier molecular flexibility index (Phi) is 3.19. The van der Waals surface area contributed by atoms with Gasteiger partial charge in [-0.05, 0) is 13.8 Å². The van der Waals surface area contributed by atoms with E-state index in [1.807, 2.05) is 19.9 Å². The second kappa shape index (κ2) is 3.43. The average Bonchev–Trinajstić information content (AvgIpc) is 1.65. The normalized spacial score (nSPS) is 13.0. The number of hydrogen-bond acceptors (Lipinski definition) is 1. The second-order valence-corrected chi connectivity index (χ2v) is 3.78. The highest BCUT2D eigenvalue weighted by atomic mass is 28.2. The van der Waals surface area contributed by atoms with Crippen molar-refractivity contribution in [2.45, 2.75) is 13.8 Å². The molecule has 0 heterocycles. The van der Waals surface area contributed by atoms with E-state index in [1.165, 1.54) is 0 Å². The molecular formula is C5H10O2Si. The third kappa shape index (κ3) is 3.61. The predicted molar refractivity (Wildman–Crippen MR) is 36.0 cm³/mol. The highest BCUT2D eigenvalue weighted by molar-refractivity contribution is 6.77. The molecule has 0 radical (unpaired) electrons. The smallest absolute Gasteiger partial charge is 0.266 e. The predicted octanol–water partition coefficient (Wildman–Crippen LogP) is 0.757. The minimum Gasteiger partial charge on any atom is -0.486 e. The first kappa shape index (κ1) is 7.43. The molecule has 0 saturated carbocycles. The molecule has 0 aliphatic rings.